The van der Waals surface area contributed by atoms with E-state index < -0.39 is 0 Å². The van der Waals surface area contributed by atoms with Crippen molar-refractivity contribution in [2.75, 3.05) is 12.3 Å². The number of carbonyl (C=O) groups excluding carboxylic acids is 1. The molecule has 18 heavy (non-hydrogen) atoms. The van der Waals surface area contributed by atoms with Gasteiger partial charge in [0.05, 0.1) is 15.7 Å². The standard InChI is InChI=1S/C13H14Cl2N2O/c1-2-5-17(9-3-4-9)13(18)8-6-10(14)12(16)11(15)7-8/h2,6-7,9H,1,3-5,16H2. The summed E-state index contributed by atoms with van der Waals surface area (Å²) in [5.41, 5.74) is 6.42. The number of nitrogen functional groups attached to an aromatic ring is 1. The van der Waals surface area contributed by atoms with E-state index in [9.17, 15) is 4.79 Å². The van der Waals surface area contributed by atoms with Crippen LogP contribution >= 0.6 is 23.2 Å². The van der Waals surface area contributed by atoms with Gasteiger partial charge in [-0.25, -0.2) is 0 Å². The van der Waals surface area contributed by atoms with Gasteiger partial charge in [0.25, 0.3) is 5.91 Å². The zero-order valence-corrected chi connectivity index (χ0v) is 11.3. The SMILES string of the molecule is C=CCN(C(=O)c1cc(Cl)c(N)c(Cl)c1)C1CC1. The Morgan fingerprint density at radius 3 is 2.44 bits per heavy atom. The van der Waals surface area contributed by atoms with E-state index in [1.165, 1.54) is 0 Å². The van der Waals surface area contributed by atoms with E-state index in [0.29, 0.717) is 33.9 Å². The van der Waals surface area contributed by atoms with Crippen molar-refractivity contribution in [3.8, 4) is 0 Å². The average molecular weight is 285 g/mol. The highest BCUT2D eigenvalue weighted by Gasteiger charge is 2.32. The van der Waals surface area contributed by atoms with Crippen LogP contribution in [-0.2, 0) is 0 Å². The zero-order valence-electron chi connectivity index (χ0n) is 9.83. The van der Waals surface area contributed by atoms with E-state index in [0.717, 1.165) is 12.8 Å². The van der Waals surface area contributed by atoms with Gasteiger partial charge in [0.2, 0.25) is 0 Å². The number of halogens is 2. The molecule has 1 aliphatic carbocycles. The van der Waals surface area contributed by atoms with Gasteiger partial charge in [-0.15, -0.1) is 6.58 Å². The van der Waals surface area contributed by atoms with Crippen LogP contribution in [0.1, 0.15) is 23.2 Å². The maximum Gasteiger partial charge on any atom is 0.254 e. The van der Waals surface area contributed by atoms with Gasteiger partial charge in [-0.1, -0.05) is 29.3 Å². The lowest BCUT2D eigenvalue weighted by molar-refractivity contribution is 0.0762. The summed E-state index contributed by atoms with van der Waals surface area (Å²) < 4.78 is 0. The number of benzene rings is 1. The fourth-order valence-electron chi connectivity index (χ4n) is 1.80. The van der Waals surface area contributed by atoms with Crippen LogP contribution < -0.4 is 5.73 Å². The van der Waals surface area contributed by atoms with Gasteiger partial charge in [0.15, 0.2) is 0 Å². The Hall–Kier alpha value is -1.19. The second kappa shape index (κ2) is 5.21. The van der Waals surface area contributed by atoms with Crippen molar-refractivity contribution < 1.29 is 4.79 Å². The van der Waals surface area contributed by atoms with Crippen molar-refractivity contribution >= 4 is 34.8 Å². The van der Waals surface area contributed by atoms with Gasteiger partial charge in [-0.2, -0.15) is 0 Å². The lowest BCUT2D eigenvalue weighted by Crippen LogP contribution is -2.33. The van der Waals surface area contributed by atoms with Gasteiger partial charge < -0.3 is 10.6 Å². The normalized spacial score (nSPS) is 14.3. The molecule has 96 valence electrons. The number of anilines is 1. The zero-order chi connectivity index (χ0) is 13.3. The fourth-order valence-corrected chi connectivity index (χ4v) is 2.28. The summed E-state index contributed by atoms with van der Waals surface area (Å²) in [7, 11) is 0. The molecule has 0 radical (unpaired) electrons. The van der Waals surface area contributed by atoms with Crippen molar-refractivity contribution in [1.82, 2.24) is 4.90 Å². The molecule has 0 heterocycles. The molecule has 1 amide bonds. The van der Waals surface area contributed by atoms with Gasteiger partial charge >= 0.3 is 0 Å². The van der Waals surface area contributed by atoms with E-state index in [4.69, 9.17) is 28.9 Å². The number of carbonyl (C=O) groups is 1. The van der Waals surface area contributed by atoms with Gasteiger partial charge in [0, 0.05) is 18.2 Å². The topological polar surface area (TPSA) is 46.3 Å². The van der Waals surface area contributed by atoms with Crippen LogP contribution in [0.4, 0.5) is 5.69 Å². The first-order valence-electron chi connectivity index (χ1n) is 5.71. The molecule has 3 nitrogen and oxygen atoms in total. The molecule has 0 aromatic heterocycles. The van der Waals surface area contributed by atoms with E-state index in [1.807, 2.05) is 0 Å². The van der Waals surface area contributed by atoms with Crippen LogP contribution in [0.15, 0.2) is 24.8 Å². The Morgan fingerprint density at radius 2 is 2.00 bits per heavy atom. The molecule has 1 aromatic rings. The molecule has 1 aromatic carbocycles. The first-order valence-corrected chi connectivity index (χ1v) is 6.46. The molecule has 0 atom stereocenters. The van der Waals surface area contributed by atoms with Crippen molar-refractivity contribution in [2.24, 2.45) is 0 Å². The summed E-state index contributed by atoms with van der Waals surface area (Å²) in [5.74, 6) is -0.0822. The molecule has 0 unspecified atom stereocenters. The van der Waals surface area contributed by atoms with Gasteiger partial charge in [-0.05, 0) is 25.0 Å². The van der Waals surface area contributed by atoms with Crippen molar-refractivity contribution in [2.45, 2.75) is 18.9 Å². The van der Waals surface area contributed by atoms with E-state index in [-0.39, 0.29) is 5.91 Å². The molecule has 1 fully saturated rings. The van der Waals surface area contributed by atoms with Crippen molar-refractivity contribution in [3.05, 3.63) is 40.4 Å². The average Bonchev–Trinajstić information content (AvgIpc) is 3.15. The molecular formula is C13H14Cl2N2O. The highest BCUT2D eigenvalue weighted by molar-refractivity contribution is 6.39. The Kier molecular flexibility index (Phi) is 3.83. The van der Waals surface area contributed by atoms with Crippen LogP contribution in [0, 0.1) is 0 Å². The number of amides is 1. The third kappa shape index (κ3) is 2.62. The third-order valence-corrected chi connectivity index (χ3v) is 3.53. The molecule has 2 N–H and O–H groups in total. The molecule has 2 rings (SSSR count). The molecule has 1 saturated carbocycles. The maximum absolute atomic E-state index is 12.4. The van der Waals surface area contributed by atoms with Crippen LogP contribution in [0.3, 0.4) is 0 Å². The van der Waals surface area contributed by atoms with Crippen LogP contribution in [0.2, 0.25) is 10.0 Å². The second-order valence-electron chi connectivity index (χ2n) is 4.33. The lowest BCUT2D eigenvalue weighted by atomic mass is 10.1. The van der Waals surface area contributed by atoms with Crippen LogP contribution in [0.5, 0.6) is 0 Å². The minimum absolute atomic E-state index is 0.0822. The van der Waals surface area contributed by atoms with Crippen molar-refractivity contribution in [3.63, 3.8) is 0 Å². The van der Waals surface area contributed by atoms with E-state index in [2.05, 4.69) is 6.58 Å². The van der Waals surface area contributed by atoms with Crippen LogP contribution in [-0.4, -0.2) is 23.4 Å². The Bertz CT molecular complexity index is 475. The highest BCUT2D eigenvalue weighted by Crippen LogP contribution is 2.32. The van der Waals surface area contributed by atoms with E-state index >= 15 is 0 Å². The predicted octanol–water partition coefficient (Wildman–Crippen LogP) is 3.37. The number of rotatable bonds is 4. The number of nitrogens with zero attached hydrogens (tertiary/aromatic N) is 1. The first-order chi connectivity index (χ1) is 8.54. The molecule has 0 bridgehead atoms. The summed E-state index contributed by atoms with van der Waals surface area (Å²) in [5, 5.41) is 0.611. The van der Waals surface area contributed by atoms with Crippen molar-refractivity contribution in [1.29, 1.82) is 0 Å². The Labute approximate surface area is 116 Å². The lowest BCUT2D eigenvalue weighted by Gasteiger charge is -2.21. The summed E-state index contributed by atoms with van der Waals surface area (Å²) in [4.78, 5) is 14.1. The number of hydrogen-bond donors (Lipinski definition) is 1. The Morgan fingerprint density at radius 1 is 1.44 bits per heavy atom. The predicted molar refractivity (Wildman–Crippen MR) is 75.1 cm³/mol. The molecular weight excluding hydrogens is 271 g/mol. The maximum atomic E-state index is 12.4. The summed E-state index contributed by atoms with van der Waals surface area (Å²) in [6, 6.07) is 3.43. The second-order valence-corrected chi connectivity index (χ2v) is 5.15. The summed E-state index contributed by atoms with van der Waals surface area (Å²) in [6.07, 6.45) is 3.79. The smallest absolute Gasteiger partial charge is 0.254 e. The quantitative estimate of drug-likeness (QED) is 0.681. The third-order valence-electron chi connectivity index (χ3n) is 2.90. The minimum Gasteiger partial charge on any atom is -0.396 e. The molecule has 0 spiro atoms. The molecule has 0 aliphatic heterocycles. The van der Waals surface area contributed by atoms with Crippen LogP contribution in [0.25, 0.3) is 0 Å². The largest absolute Gasteiger partial charge is 0.396 e. The number of nitrogens with two attached hydrogens (primary N) is 1. The monoisotopic (exact) mass is 284 g/mol. The minimum atomic E-state index is -0.0822. The van der Waals surface area contributed by atoms with Gasteiger partial charge in [0.1, 0.15) is 0 Å². The van der Waals surface area contributed by atoms with E-state index in [1.54, 1.807) is 23.1 Å². The fraction of sp³-hybridized carbons (Fsp3) is 0.308. The molecule has 5 heteroatoms. The summed E-state index contributed by atoms with van der Waals surface area (Å²) in [6.45, 7) is 4.20. The first kappa shape index (κ1) is 13.2. The summed E-state index contributed by atoms with van der Waals surface area (Å²) >= 11 is 11.9. The van der Waals surface area contributed by atoms with Gasteiger partial charge in [-0.3, -0.25) is 4.79 Å². The highest BCUT2D eigenvalue weighted by atomic mass is 35.5. The molecule has 1 aliphatic rings. The number of hydrogen-bond acceptors (Lipinski definition) is 2. The Balaban J connectivity index is 2.29. The molecule has 0 saturated heterocycles.